The molecule has 0 spiro atoms. The monoisotopic (exact) mass is 169 g/mol. The molecule has 0 bridgehead atoms. The minimum atomic E-state index is -0.0926. The van der Waals surface area contributed by atoms with Crippen LogP contribution in [0.1, 0.15) is 38.5 Å². The molecule has 0 saturated heterocycles. The lowest BCUT2D eigenvalue weighted by molar-refractivity contribution is -0.0816. The van der Waals surface area contributed by atoms with Gasteiger partial charge in [0.05, 0.1) is 6.10 Å². The van der Waals surface area contributed by atoms with Crippen molar-refractivity contribution < 1.29 is 5.11 Å². The third kappa shape index (κ3) is 1.09. The van der Waals surface area contributed by atoms with Crippen molar-refractivity contribution >= 4 is 0 Å². The van der Waals surface area contributed by atoms with Crippen molar-refractivity contribution in [2.24, 2.45) is 17.1 Å². The van der Waals surface area contributed by atoms with Crippen LogP contribution >= 0.6 is 0 Å². The molecule has 2 saturated carbocycles. The van der Waals surface area contributed by atoms with Crippen molar-refractivity contribution in [1.29, 1.82) is 0 Å². The standard InChI is InChI=1S/C10H19NO/c11-7-10(5-2-6-10)9(12)8-3-1-4-8/h8-9,12H,1-7,11H2. The molecule has 2 heteroatoms. The highest BCUT2D eigenvalue weighted by Crippen LogP contribution is 2.48. The van der Waals surface area contributed by atoms with Crippen LogP contribution in [0.15, 0.2) is 0 Å². The molecule has 0 radical (unpaired) electrons. The molecule has 0 aromatic rings. The van der Waals surface area contributed by atoms with Crippen LogP contribution in [0.2, 0.25) is 0 Å². The van der Waals surface area contributed by atoms with Crippen LogP contribution in [0.25, 0.3) is 0 Å². The van der Waals surface area contributed by atoms with Gasteiger partial charge in [0.2, 0.25) is 0 Å². The maximum absolute atomic E-state index is 10.1. The van der Waals surface area contributed by atoms with Crippen molar-refractivity contribution in [2.75, 3.05) is 6.54 Å². The summed E-state index contributed by atoms with van der Waals surface area (Å²) in [6.45, 7) is 0.685. The van der Waals surface area contributed by atoms with Crippen LogP contribution in [-0.2, 0) is 0 Å². The van der Waals surface area contributed by atoms with Gasteiger partial charge < -0.3 is 10.8 Å². The number of aliphatic hydroxyl groups is 1. The zero-order chi connectivity index (χ0) is 8.60. The first-order chi connectivity index (χ1) is 5.78. The molecule has 0 aromatic carbocycles. The van der Waals surface area contributed by atoms with E-state index in [2.05, 4.69) is 0 Å². The minimum absolute atomic E-state index is 0.0926. The first-order valence-corrected chi connectivity index (χ1v) is 5.17. The average molecular weight is 169 g/mol. The van der Waals surface area contributed by atoms with Gasteiger partial charge in [-0.15, -0.1) is 0 Å². The Bertz CT molecular complexity index is 156. The van der Waals surface area contributed by atoms with Gasteiger partial charge in [-0.1, -0.05) is 12.8 Å². The van der Waals surface area contributed by atoms with Gasteiger partial charge in [0.25, 0.3) is 0 Å². The van der Waals surface area contributed by atoms with Crippen LogP contribution in [0.4, 0.5) is 0 Å². The predicted octanol–water partition coefficient (Wildman–Crippen LogP) is 1.28. The Hall–Kier alpha value is -0.0800. The summed E-state index contributed by atoms with van der Waals surface area (Å²) in [5, 5.41) is 10.1. The van der Waals surface area contributed by atoms with Crippen LogP contribution < -0.4 is 5.73 Å². The normalized spacial score (nSPS) is 30.5. The smallest absolute Gasteiger partial charge is 0.0636 e. The molecular weight excluding hydrogens is 150 g/mol. The maximum atomic E-state index is 10.1. The molecule has 2 nitrogen and oxygen atoms in total. The molecule has 0 amide bonds. The van der Waals surface area contributed by atoms with Crippen LogP contribution in [0, 0.1) is 11.3 Å². The molecule has 2 rings (SSSR count). The molecular formula is C10H19NO. The van der Waals surface area contributed by atoms with Crippen LogP contribution in [-0.4, -0.2) is 17.8 Å². The molecule has 12 heavy (non-hydrogen) atoms. The second kappa shape index (κ2) is 3.00. The van der Waals surface area contributed by atoms with Crippen molar-refractivity contribution in [3.63, 3.8) is 0 Å². The van der Waals surface area contributed by atoms with Gasteiger partial charge in [-0.25, -0.2) is 0 Å². The quantitative estimate of drug-likeness (QED) is 0.668. The lowest BCUT2D eigenvalue weighted by Gasteiger charge is -2.49. The highest BCUT2D eigenvalue weighted by molar-refractivity contribution is 4.98. The third-order valence-corrected chi connectivity index (χ3v) is 3.98. The second-order valence-corrected chi connectivity index (χ2v) is 4.56. The van der Waals surface area contributed by atoms with Gasteiger partial charge in [0.1, 0.15) is 0 Å². The maximum Gasteiger partial charge on any atom is 0.0636 e. The van der Waals surface area contributed by atoms with Crippen molar-refractivity contribution in [3.8, 4) is 0 Å². The summed E-state index contributed by atoms with van der Waals surface area (Å²) in [6.07, 6.45) is 7.24. The van der Waals surface area contributed by atoms with Gasteiger partial charge in [-0.3, -0.25) is 0 Å². The van der Waals surface area contributed by atoms with Gasteiger partial charge in [-0.05, 0) is 31.6 Å². The van der Waals surface area contributed by atoms with Gasteiger partial charge in [-0.2, -0.15) is 0 Å². The zero-order valence-electron chi connectivity index (χ0n) is 7.63. The highest BCUT2D eigenvalue weighted by atomic mass is 16.3. The Morgan fingerprint density at radius 1 is 1.33 bits per heavy atom. The van der Waals surface area contributed by atoms with E-state index in [0.717, 1.165) is 12.8 Å². The van der Waals surface area contributed by atoms with Gasteiger partial charge in [0.15, 0.2) is 0 Å². The molecule has 2 fully saturated rings. The van der Waals surface area contributed by atoms with Crippen LogP contribution in [0.5, 0.6) is 0 Å². The second-order valence-electron chi connectivity index (χ2n) is 4.56. The average Bonchev–Trinajstić information content (AvgIpc) is 1.81. The molecule has 0 aromatic heterocycles. The fraction of sp³-hybridized carbons (Fsp3) is 1.00. The number of aliphatic hydroxyl groups excluding tert-OH is 1. The van der Waals surface area contributed by atoms with E-state index < -0.39 is 0 Å². The molecule has 2 aliphatic carbocycles. The van der Waals surface area contributed by atoms with E-state index in [1.54, 1.807) is 0 Å². The van der Waals surface area contributed by atoms with Gasteiger partial charge >= 0.3 is 0 Å². The molecule has 3 N–H and O–H groups in total. The Morgan fingerprint density at radius 3 is 2.25 bits per heavy atom. The molecule has 0 aliphatic heterocycles. The summed E-state index contributed by atoms with van der Waals surface area (Å²) >= 11 is 0. The Morgan fingerprint density at radius 2 is 2.00 bits per heavy atom. The van der Waals surface area contributed by atoms with E-state index in [1.807, 2.05) is 0 Å². The van der Waals surface area contributed by atoms with E-state index in [9.17, 15) is 5.11 Å². The number of hydrogen-bond acceptors (Lipinski definition) is 2. The fourth-order valence-corrected chi connectivity index (χ4v) is 2.51. The first-order valence-electron chi connectivity index (χ1n) is 5.17. The summed E-state index contributed by atoms with van der Waals surface area (Å²) in [6, 6.07) is 0. The fourth-order valence-electron chi connectivity index (χ4n) is 2.51. The zero-order valence-corrected chi connectivity index (χ0v) is 7.63. The highest BCUT2D eigenvalue weighted by Gasteiger charge is 2.46. The minimum Gasteiger partial charge on any atom is -0.392 e. The molecule has 70 valence electrons. The van der Waals surface area contributed by atoms with E-state index in [-0.39, 0.29) is 11.5 Å². The topological polar surface area (TPSA) is 46.2 Å². The summed E-state index contributed by atoms with van der Waals surface area (Å²) in [5.74, 6) is 0.578. The molecule has 0 heterocycles. The summed E-state index contributed by atoms with van der Waals surface area (Å²) in [4.78, 5) is 0. The van der Waals surface area contributed by atoms with E-state index in [0.29, 0.717) is 12.5 Å². The van der Waals surface area contributed by atoms with E-state index in [1.165, 1.54) is 25.7 Å². The summed E-state index contributed by atoms with van der Waals surface area (Å²) < 4.78 is 0. The lowest BCUT2D eigenvalue weighted by atomic mass is 9.59. The number of rotatable bonds is 3. The largest absolute Gasteiger partial charge is 0.392 e. The molecule has 2 aliphatic rings. The number of hydrogen-bond donors (Lipinski definition) is 2. The third-order valence-electron chi connectivity index (χ3n) is 3.98. The summed E-state index contributed by atoms with van der Waals surface area (Å²) in [5.41, 5.74) is 5.86. The molecule has 1 atom stereocenters. The van der Waals surface area contributed by atoms with E-state index >= 15 is 0 Å². The Kier molecular flexibility index (Phi) is 2.13. The SMILES string of the molecule is NCC1(C(O)C2CCC2)CCC1. The van der Waals surface area contributed by atoms with Crippen molar-refractivity contribution in [2.45, 2.75) is 44.6 Å². The molecule has 1 unspecified atom stereocenters. The lowest BCUT2D eigenvalue weighted by Crippen LogP contribution is -2.51. The van der Waals surface area contributed by atoms with Crippen molar-refractivity contribution in [3.05, 3.63) is 0 Å². The van der Waals surface area contributed by atoms with E-state index in [4.69, 9.17) is 5.73 Å². The Balaban J connectivity index is 1.95. The van der Waals surface area contributed by atoms with Crippen molar-refractivity contribution in [1.82, 2.24) is 0 Å². The Labute approximate surface area is 74.1 Å². The van der Waals surface area contributed by atoms with Crippen LogP contribution in [0.3, 0.4) is 0 Å². The summed E-state index contributed by atoms with van der Waals surface area (Å²) in [7, 11) is 0. The van der Waals surface area contributed by atoms with Gasteiger partial charge in [0, 0.05) is 12.0 Å². The first kappa shape index (κ1) is 8.52. The number of nitrogens with two attached hydrogens (primary N) is 1. The predicted molar refractivity (Wildman–Crippen MR) is 48.7 cm³/mol.